The van der Waals surface area contributed by atoms with Crippen LogP contribution in [-0.2, 0) is 0 Å². The van der Waals surface area contributed by atoms with Gasteiger partial charge in [0.1, 0.15) is 5.82 Å². The fourth-order valence-corrected chi connectivity index (χ4v) is 2.72. The number of nitrogens with one attached hydrogen (secondary N) is 1. The van der Waals surface area contributed by atoms with Gasteiger partial charge in [-0.2, -0.15) is 0 Å². The Morgan fingerprint density at radius 3 is 2.30 bits per heavy atom. The van der Waals surface area contributed by atoms with Crippen molar-refractivity contribution < 1.29 is 4.39 Å². The summed E-state index contributed by atoms with van der Waals surface area (Å²) in [5, 5.41) is 4.21. The van der Waals surface area contributed by atoms with Gasteiger partial charge in [0, 0.05) is 17.1 Å². The van der Waals surface area contributed by atoms with E-state index in [0.29, 0.717) is 4.47 Å². The molecular formula is C16H16BrClFN. The zero-order valence-electron chi connectivity index (χ0n) is 11.3. The van der Waals surface area contributed by atoms with Gasteiger partial charge in [0.05, 0.1) is 4.47 Å². The minimum Gasteiger partial charge on any atom is -0.304 e. The Morgan fingerprint density at radius 2 is 1.70 bits per heavy atom. The Balaban J connectivity index is 2.10. The summed E-state index contributed by atoms with van der Waals surface area (Å²) in [5.41, 5.74) is 2.16. The molecule has 4 heteroatoms. The third kappa shape index (κ3) is 3.81. The molecule has 0 bridgehead atoms. The lowest BCUT2D eigenvalue weighted by molar-refractivity contribution is 0.493. The summed E-state index contributed by atoms with van der Waals surface area (Å²) in [6.07, 6.45) is 0. The molecule has 106 valence electrons. The third-order valence-corrected chi connectivity index (χ3v) is 4.14. The van der Waals surface area contributed by atoms with E-state index in [1.165, 1.54) is 6.07 Å². The van der Waals surface area contributed by atoms with Gasteiger partial charge in [0.15, 0.2) is 0 Å². The lowest BCUT2D eigenvalue weighted by Gasteiger charge is -2.21. The van der Waals surface area contributed by atoms with E-state index in [-0.39, 0.29) is 17.9 Å². The summed E-state index contributed by atoms with van der Waals surface area (Å²) in [7, 11) is 0. The first-order valence-electron chi connectivity index (χ1n) is 6.44. The van der Waals surface area contributed by atoms with Gasteiger partial charge >= 0.3 is 0 Å². The summed E-state index contributed by atoms with van der Waals surface area (Å²) < 4.78 is 13.7. The van der Waals surface area contributed by atoms with E-state index in [1.807, 2.05) is 24.3 Å². The highest BCUT2D eigenvalue weighted by Gasteiger charge is 2.12. The molecule has 0 fully saturated rings. The number of hydrogen-bond acceptors (Lipinski definition) is 1. The highest BCUT2D eigenvalue weighted by molar-refractivity contribution is 9.10. The molecule has 0 spiro atoms. The standard InChI is InChI=1S/C16H16BrClFN/c1-10(12-4-3-5-14(18)8-12)20-11(2)13-6-7-16(19)15(17)9-13/h3-11,20H,1-2H3/t10-,11?/m1/s1. The SMILES string of the molecule is CC(N[C@H](C)c1cccc(Cl)c1)c1ccc(F)c(Br)c1. The number of halogens is 3. The van der Waals surface area contributed by atoms with Gasteiger partial charge in [-0.25, -0.2) is 4.39 Å². The van der Waals surface area contributed by atoms with Crippen LogP contribution in [0.1, 0.15) is 37.1 Å². The van der Waals surface area contributed by atoms with Crippen molar-refractivity contribution in [2.75, 3.05) is 0 Å². The molecule has 20 heavy (non-hydrogen) atoms. The second kappa shape index (κ2) is 6.70. The maximum absolute atomic E-state index is 13.3. The Morgan fingerprint density at radius 1 is 1.05 bits per heavy atom. The van der Waals surface area contributed by atoms with E-state index in [0.717, 1.165) is 16.1 Å². The first-order valence-corrected chi connectivity index (χ1v) is 7.61. The van der Waals surface area contributed by atoms with E-state index >= 15 is 0 Å². The Hall–Kier alpha value is -0.900. The second-order valence-electron chi connectivity index (χ2n) is 4.84. The van der Waals surface area contributed by atoms with Gasteiger partial charge in [0.2, 0.25) is 0 Å². The van der Waals surface area contributed by atoms with E-state index in [1.54, 1.807) is 12.1 Å². The molecule has 0 heterocycles. The van der Waals surface area contributed by atoms with Crippen LogP contribution in [-0.4, -0.2) is 0 Å². The summed E-state index contributed by atoms with van der Waals surface area (Å²) in [5.74, 6) is -0.246. The predicted molar refractivity (Wildman–Crippen MR) is 85.5 cm³/mol. The molecular weight excluding hydrogens is 341 g/mol. The molecule has 1 unspecified atom stereocenters. The van der Waals surface area contributed by atoms with Crippen LogP contribution in [0, 0.1) is 5.82 Å². The Labute approximate surface area is 132 Å². The lowest BCUT2D eigenvalue weighted by atomic mass is 10.0. The highest BCUT2D eigenvalue weighted by Crippen LogP contribution is 2.24. The maximum atomic E-state index is 13.3. The largest absolute Gasteiger partial charge is 0.304 e. The molecule has 2 rings (SSSR count). The molecule has 0 saturated heterocycles. The van der Waals surface area contributed by atoms with Crippen LogP contribution in [0.15, 0.2) is 46.9 Å². The second-order valence-corrected chi connectivity index (χ2v) is 6.13. The minimum atomic E-state index is -0.246. The fourth-order valence-electron chi connectivity index (χ4n) is 2.13. The molecule has 0 aromatic heterocycles. The normalized spacial score (nSPS) is 14.1. The van der Waals surface area contributed by atoms with Crippen molar-refractivity contribution in [3.63, 3.8) is 0 Å². The van der Waals surface area contributed by atoms with Crippen LogP contribution in [0.2, 0.25) is 5.02 Å². The summed E-state index contributed by atoms with van der Waals surface area (Å²) in [4.78, 5) is 0. The van der Waals surface area contributed by atoms with Crippen molar-refractivity contribution in [2.45, 2.75) is 25.9 Å². The van der Waals surface area contributed by atoms with Crippen molar-refractivity contribution >= 4 is 27.5 Å². The average molecular weight is 357 g/mol. The quantitative estimate of drug-likeness (QED) is 0.746. The van der Waals surface area contributed by atoms with Crippen LogP contribution in [0.25, 0.3) is 0 Å². The molecule has 0 aliphatic carbocycles. The monoisotopic (exact) mass is 355 g/mol. The van der Waals surface area contributed by atoms with Crippen LogP contribution in [0.3, 0.4) is 0 Å². The molecule has 0 amide bonds. The van der Waals surface area contributed by atoms with Crippen LogP contribution in [0.5, 0.6) is 0 Å². The van der Waals surface area contributed by atoms with E-state index in [2.05, 4.69) is 35.1 Å². The van der Waals surface area contributed by atoms with Crippen LogP contribution >= 0.6 is 27.5 Å². The van der Waals surface area contributed by atoms with Gasteiger partial charge in [-0.15, -0.1) is 0 Å². The first kappa shape index (κ1) is 15.5. The van der Waals surface area contributed by atoms with E-state index < -0.39 is 0 Å². The summed E-state index contributed by atoms with van der Waals surface area (Å²) in [6, 6.07) is 13.1. The molecule has 1 N–H and O–H groups in total. The van der Waals surface area contributed by atoms with Crippen molar-refractivity contribution in [1.29, 1.82) is 0 Å². The molecule has 0 aliphatic heterocycles. The number of rotatable bonds is 4. The average Bonchev–Trinajstić information content (AvgIpc) is 2.41. The van der Waals surface area contributed by atoms with Crippen molar-refractivity contribution in [1.82, 2.24) is 5.32 Å². The van der Waals surface area contributed by atoms with Crippen LogP contribution < -0.4 is 5.32 Å². The highest BCUT2D eigenvalue weighted by atomic mass is 79.9. The van der Waals surface area contributed by atoms with E-state index in [9.17, 15) is 4.39 Å². The van der Waals surface area contributed by atoms with Crippen molar-refractivity contribution in [3.05, 3.63) is 68.9 Å². The molecule has 0 aliphatic rings. The van der Waals surface area contributed by atoms with Gasteiger partial charge in [-0.05, 0) is 65.2 Å². The van der Waals surface area contributed by atoms with Gasteiger partial charge in [0.25, 0.3) is 0 Å². The minimum absolute atomic E-state index is 0.112. The van der Waals surface area contributed by atoms with Crippen LogP contribution in [0.4, 0.5) is 4.39 Å². The number of benzene rings is 2. The van der Waals surface area contributed by atoms with E-state index in [4.69, 9.17) is 11.6 Å². The Bertz CT molecular complexity index is 603. The maximum Gasteiger partial charge on any atom is 0.137 e. The summed E-state index contributed by atoms with van der Waals surface area (Å²) >= 11 is 9.22. The summed E-state index contributed by atoms with van der Waals surface area (Å²) in [6.45, 7) is 4.14. The molecule has 0 saturated carbocycles. The van der Waals surface area contributed by atoms with Gasteiger partial charge in [-0.3, -0.25) is 0 Å². The first-order chi connectivity index (χ1) is 9.47. The molecule has 1 nitrogen and oxygen atoms in total. The number of hydrogen-bond donors (Lipinski definition) is 1. The predicted octanol–water partition coefficient (Wildman–Crippen LogP) is 5.65. The molecule has 2 aromatic carbocycles. The van der Waals surface area contributed by atoms with Gasteiger partial charge < -0.3 is 5.32 Å². The molecule has 2 aromatic rings. The zero-order chi connectivity index (χ0) is 14.7. The third-order valence-electron chi connectivity index (χ3n) is 3.29. The molecule has 2 atom stereocenters. The zero-order valence-corrected chi connectivity index (χ0v) is 13.7. The lowest BCUT2D eigenvalue weighted by Crippen LogP contribution is -2.22. The van der Waals surface area contributed by atoms with Crippen molar-refractivity contribution in [2.24, 2.45) is 0 Å². The smallest absolute Gasteiger partial charge is 0.137 e. The topological polar surface area (TPSA) is 12.0 Å². The Kier molecular flexibility index (Phi) is 5.19. The fraction of sp³-hybridized carbons (Fsp3) is 0.250. The van der Waals surface area contributed by atoms with Gasteiger partial charge in [-0.1, -0.05) is 29.8 Å². The van der Waals surface area contributed by atoms with Crippen molar-refractivity contribution in [3.8, 4) is 0 Å². The molecule has 0 radical (unpaired) electrons.